The first-order valence-electron chi connectivity index (χ1n) is 8.21. The van der Waals surface area contributed by atoms with Gasteiger partial charge in [-0.3, -0.25) is 14.5 Å². The zero-order chi connectivity index (χ0) is 17.6. The quantitative estimate of drug-likeness (QED) is 0.890. The van der Waals surface area contributed by atoms with Crippen molar-refractivity contribution >= 4 is 40.4 Å². The Hall–Kier alpha value is -1.89. The average molecular weight is 378 g/mol. The minimum atomic E-state index is -0.0696. The van der Waals surface area contributed by atoms with Gasteiger partial charge in [0.1, 0.15) is 0 Å². The zero-order valence-electron chi connectivity index (χ0n) is 13.8. The molecule has 0 radical (unpaired) electrons. The number of halogens is 1. The van der Waals surface area contributed by atoms with E-state index in [-0.39, 0.29) is 11.8 Å². The van der Waals surface area contributed by atoms with Gasteiger partial charge < -0.3 is 10.2 Å². The van der Waals surface area contributed by atoms with Gasteiger partial charge in [-0.1, -0.05) is 17.7 Å². The molecule has 1 fully saturated rings. The minimum Gasteiger partial charge on any atom is -0.337 e. The summed E-state index contributed by atoms with van der Waals surface area (Å²) in [7, 11) is 0. The summed E-state index contributed by atoms with van der Waals surface area (Å²) >= 11 is 7.46. The van der Waals surface area contributed by atoms with Gasteiger partial charge in [-0.05, 0) is 36.1 Å². The normalized spacial score (nSPS) is 15.6. The van der Waals surface area contributed by atoms with Crippen molar-refractivity contribution < 1.29 is 9.59 Å². The van der Waals surface area contributed by atoms with Crippen molar-refractivity contribution in [3.05, 3.63) is 51.7 Å². The number of hydrogen-bond acceptors (Lipinski definition) is 4. The van der Waals surface area contributed by atoms with E-state index in [0.717, 1.165) is 25.1 Å². The Kier molecular flexibility index (Phi) is 6.07. The third-order valence-corrected chi connectivity index (χ3v) is 5.04. The molecule has 1 aromatic heterocycles. The summed E-state index contributed by atoms with van der Waals surface area (Å²) in [6.07, 6.45) is 0.861. The molecule has 132 valence electrons. The molecular weight excluding hydrogens is 358 g/mol. The molecule has 1 saturated heterocycles. The molecule has 0 aliphatic carbocycles. The summed E-state index contributed by atoms with van der Waals surface area (Å²) in [6.45, 7) is 3.17. The van der Waals surface area contributed by atoms with Gasteiger partial charge in [-0.25, -0.2) is 0 Å². The molecule has 2 amide bonds. The van der Waals surface area contributed by atoms with Gasteiger partial charge in [0.15, 0.2) is 0 Å². The summed E-state index contributed by atoms with van der Waals surface area (Å²) < 4.78 is 0. The number of carbonyl (C=O) groups excluding carboxylic acids is 2. The third kappa shape index (κ3) is 5.04. The molecule has 0 atom stereocenters. The maximum Gasteiger partial charge on any atom is 0.254 e. The SMILES string of the molecule is O=C(CN1CCCN(C(=O)c2ccsc2)CC1)Nc1cccc(Cl)c1. The van der Waals surface area contributed by atoms with E-state index in [1.807, 2.05) is 27.8 Å². The van der Waals surface area contributed by atoms with Crippen LogP contribution in [0.4, 0.5) is 5.69 Å². The molecule has 7 heteroatoms. The first kappa shape index (κ1) is 17.9. The predicted octanol–water partition coefficient (Wildman–Crippen LogP) is 3.19. The molecule has 5 nitrogen and oxygen atoms in total. The van der Waals surface area contributed by atoms with Crippen LogP contribution in [0.5, 0.6) is 0 Å². The molecule has 0 saturated carbocycles. The van der Waals surface area contributed by atoms with Crippen molar-refractivity contribution in [3.8, 4) is 0 Å². The Morgan fingerprint density at radius 2 is 2.04 bits per heavy atom. The highest BCUT2D eigenvalue weighted by Gasteiger charge is 2.21. The summed E-state index contributed by atoms with van der Waals surface area (Å²) in [5.41, 5.74) is 1.44. The number of carbonyl (C=O) groups is 2. The van der Waals surface area contributed by atoms with Crippen LogP contribution >= 0.6 is 22.9 Å². The Bertz CT molecular complexity index is 736. The molecule has 0 unspecified atom stereocenters. The standard InChI is InChI=1S/C18H20ClN3O2S/c19-15-3-1-4-16(11-15)20-17(23)12-21-6-2-7-22(9-8-21)18(24)14-5-10-25-13-14/h1,3-5,10-11,13H,2,6-9,12H2,(H,20,23). The van der Waals surface area contributed by atoms with Crippen molar-refractivity contribution in [2.45, 2.75) is 6.42 Å². The topological polar surface area (TPSA) is 52.7 Å². The van der Waals surface area contributed by atoms with E-state index in [9.17, 15) is 9.59 Å². The Labute approximate surface area is 156 Å². The summed E-state index contributed by atoms with van der Waals surface area (Å²) in [4.78, 5) is 28.6. The summed E-state index contributed by atoms with van der Waals surface area (Å²) in [5, 5.41) is 7.25. The maximum atomic E-state index is 12.4. The first-order valence-corrected chi connectivity index (χ1v) is 9.53. The smallest absolute Gasteiger partial charge is 0.254 e. The van der Waals surface area contributed by atoms with Crippen molar-refractivity contribution in [1.29, 1.82) is 0 Å². The van der Waals surface area contributed by atoms with Crippen LogP contribution in [0.15, 0.2) is 41.1 Å². The van der Waals surface area contributed by atoms with Crippen LogP contribution in [-0.2, 0) is 4.79 Å². The number of rotatable bonds is 4. The van der Waals surface area contributed by atoms with Crippen LogP contribution in [0.25, 0.3) is 0 Å². The Balaban J connectivity index is 1.51. The molecule has 1 N–H and O–H groups in total. The van der Waals surface area contributed by atoms with Crippen LogP contribution in [-0.4, -0.2) is 54.3 Å². The predicted molar refractivity (Wildman–Crippen MR) is 101 cm³/mol. The fourth-order valence-corrected chi connectivity index (χ4v) is 3.69. The van der Waals surface area contributed by atoms with Crippen molar-refractivity contribution in [2.24, 2.45) is 0 Å². The van der Waals surface area contributed by atoms with Crippen LogP contribution in [0.2, 0.25) is 5.02 Å². The number of amides is 2. The summed E-state index contributed by atoms with van der Waals surface area (Å²) in [5.74, 6) is 0.00589. The fraction of sp³-hybridized carbons (Fsp3) is 0.333. The van der Waals surface area contributed by atoms with Gasteiger partial charge in [-0.2, -0.15) is 11.3 Å². The molecule has 3 rings (SSSR count). The molecular formula is C18H20ClN3O2S. The average Bonchev–Trinajstić information content (AvgIpc) is 3.02. The fourth-order valence-electron chi connectivity index (χ4n) is 2.87. The minimum absolute atomic E-state index is 0.0696. The van der Waals surface area contributed by atoms with Crippen LogP contribution in [0.1, 0.15) is 16.8 Å². The lowest BCUT2D eigenvalue weighted by atomic mass is 10.3. The van der Waals surface area contributed by atoms with Gasteiger partial charge in [0.2, 0.25) is 5.91 Å². The highest BCUT2D eigenvalue weighted by molar-refractivity contribution is 7.08. The highest BCUT2D eigenvalue weighted by atomic mass is 35.5. The van der Waals surface area contributed by atoms with E-state index in [4.69, 9.17) is 11.6 Å². The highest BCUT2D eigenvalue weighted by Crippen LogP contribution is 2.15. The van der Waals surface area contributed by atoms with Gasteiger partial charge in [0.25, 0.3) is 5.91 Å². The largest absolute Gasteiger partial charge is 0.337 e. The van der Waals surface area contributed by atoms with E-state index in [0.29, 0.717) is 30.3 Å². The molecule has 2 heterocycles. The van der Waals surface area contributed by atoms with Crippen LogP contribution in [0, 0.1) is 0 Å². The number of hydrogen-bond donors (Lipinski definition) is 1. The second-order valence-corrected chi connectivity index (χ2v) is 7.21. The molecule has 0 spiro atoms. The Morgan fingerprint density at radius 1 is 1.16 bits per heavy atom. The van der Waals surface area contributed by atoms with Crippen molar-refractivity contribution in [1.82, 2.24) is 9.80 Å². The molecule has 2 aromatic rings. The lowest BCUT2D eigenvalue weighted by Gasteiger charge is -2.21. The lowest BCUT2D eigenvalue weighted by molar-refractivity contribution is -0.117. The first-order chi connectivity index (χ1) is 12.1. The second kappa shape index (κ2) is 8.47. The second-order valence-electron chi connectivity index (χ2n) is 5.99. The van der Waals surface area contributed by atoms with Crippen molar-refractivity contribution in [2.75, 3.05) is 38.0 Å². The van der Waals surface area contributed by atoms with Gasteiger partial charge in [0, 0.05) is 42.3 Å². The number of anilines is 1. The third-order valence-electron chi connectivity index (χ3n) is 4.12. The molecule has 1 aliphatic heterocycles. The molecule has 1 aliphatic rings. The monoisotopic (exact) mass is 377 g/mol. The maximum absolute atomic E-state index is 12.4. The Morgan fingerprint density at radius 3 is 2.80 bits per heavy atom. The molecule has 0 bridgehead atoms. The summed E-state index contributed by atoms with van der Waals surface area (Å²) in [6, 6.07) is 8.97. The van der Waals surface area contributed by atoms with E-state index in [1.54, 1.807) is 18.2 Å². The van der Waals surface area contributed by atoms with E-state index in [2.05, 4.69) is 10.2 Å². The number of thiophene rings is 1. The number of nitrogens with zero attached hydrogens (tertiary/aromatic N) is 2. The van der Waals surface area contributed by atoms with Gasteiger partial charge >= 0.3 is 0 Å². The molecule has 1 aromatic carbocycles. The number of nitrogens with one attached hydrogen (secondary N) is 1. The van der Waals surface area contributed by atoms with Gasteiger partial charge in [0.05, 0.1) is 12.1 Å². The molecule has 25 heavy (non-hydrogen) atoms. The van der Waals surface area contributed by atoms with Gasteiger partial charge in [-0.15, -0.1) is 0 Å². The number of benzene rings is 1. The van der Waals surface area contributed by atoms with E-state index >= 15 is 0 Å². The van der Waals surface area contributed by atoms with Crippen LogP contribution in [0.3, 0.4) is 0 Å². The van der Waals surface area contributed by atoms with Crippen LogP contribution < -0.4 is 5.32 Å². The lowest BCUT2D eigenvalue weighted by Crippen LogP contribution is -2.37. The van der Waals surface area contributed by atoms with E-state index in [1.165, 1.54) is 11.3 Å². The van der Waals surface area contributed by atoms with E-state index < -0.39 is 0 Å². The van der Waals surface area contributed by atoms with Crippen molar-refractivity contribution in [3.63, 3.8) is 0 Å². The zero-order valence-corrected chi connectivity index (χ0v) is 15.4.